The van der Waals surface area contributed by atoms with Gasteiger partial charge in [-0.15, -0.1) is 0 Å². The quantitative estimate of drug-likeness (QED) is 0.824. The Bertz CT molecular complexity index is 358. The summed E-state index contributed by atoms with van der Waals surface area (Å²) in [6.07, 6.45) is 7.59. The molecule has 0 bridgehead atoms. The molecule has 5 heteroatoms. The Morgan fingerprint density at radius 3 is 2.88 bits per heavy atom. The van der Waals surface area contributed by atoms with E-state index in [4.69, 9.17) is 0 Å². The maximum Gasteiger partial charge on any atom is 0.224 e. The largest absolute Gasteiger partial charge is 0.389 e. The van der Waals surface area contributed by atoms with Crippen molar-refractivity contribution in [3.63, 3.8) is 0 Å². The Morgan fingerprint density at radius 2 is 2.35 bits per heavy atom. The van der Waals surface area contributed by atoms with Crippen LogP contribution < -0.4 is 0 Å². The Balaban J connectivity index is 1.91. The molecule has 1 aliphatic rings. The van der Waals surface area contributed by atoms with Crippen molar-refractivity contribution in [2.45, 2.75) is 38.3 Å². The predicted octanol–water partition coefficient (Wildman–Crippen LogP) is 0.817. The van der Waals surface area contributed by atoms with E-state index in [1.165, 1.54) is 0 Å². The average molecular weight is 237 g/mol. The smallest absolute Gasteiger partial charge is 0.224 e. The number of carbonyl (C=O) groups excluding carboxylic acids is 1. The lowest BCUT2D eigenvalue weighted by Crippen LogP contribution is -2.53. The molecule has 5 nitrogen and oxygen atoms in total. The van der Waals surface area contributed by atoms with Gasteiger partial charge in [-0.3, -0.25) is 4.79 Å². The number of rotatable bonds is 5. The van der Waals surface area contributed by atoms with Crippen LogP contribution in [0.3, 0.4) is 0 Å². The first-order valence-electron chi connectivity index (χ1n) is 6.14. The van der Waals surface area contributed by atoms with Crippen molar-refractivity contribution in [2.24, 2.45) is 0 Å². The maximum absolute atomic E-state index is 11.9. The highest BCUT2D eigenvalue weighted by Gasteiger charge is 2.30. The molecular weight excluding hydrogens is 218 g/mol. The third-order valence-electron chi connectivity index (χ3n) is 3.19. The van der Waals surface area contributed by atoms with Gasteiger partial charge in [0.15, 0.2) is 0 Å². The second-order valence-electron chi connectivity index (χ2n) is 4.61. The number of aliphatic hydroxyl groups excluding tert-OH is 1. The van der Waals surface area contributed by atoms with E-state index in [1.807, 2.05) is 10.8 Å². The molecule has 0 radical (unpaired) electrons. The van der Waals surface area contributed by atoms with Gasteiger partial charge in [0, 0.05) is 37.9 Å². The summed E-state index contributed by atoms with van der Waals surface area (Å²) in [5, 5.41) is 9.18. The van der Waals surface area contributed by atoms with Crippen LogP contribution in [-0.4, -0.2) is 44.7 Å². The molecule has 2 heterocycles. The summed E-state index contributed by atoms with van der Waals surface area (Å²) in [6, 6.07) is 0.188. The van der Waals surface area contributed by atoms with Gasteiger partial charge in [-0.2, -0.15) is 0 Å². The maximum atomic E-state index is 11.9. The zero-order valence-corrected chi connectivity index (χ0v) is 10.1. The first-order chi connectivity index (χ1) is 8.20. The number of hydrogen-bond donors (Lipinski definition) is 1. The van der Waals surface area contributed by atoms with Gasteiger partial charge in [0.1, 0.15) is 0 Å². The van der Waals surface area contributed by atoms with Crippen LogP contribution in [0.5, 0.6) is 0 Å². The minimum absolute atomic E-state index is 0.127. The fourth-order valence-corrected chi connectivity index (χ4v) is 2.16. The molecule has 1 fully saturated rings. The number of hydrogen-bond acceptors (Lipinski definition) is 3. The summed E-state index contributed by atoms with van der Waals surface area (Å²) >= 11 is 0. The lowest BCUT2D eigenvalue weighted by molar-refractivity contribution is -0.142. The van der Waals surface area contributed by atoms with Crippen LogP contribution in [-0.2, 0) is 4.79 Å². The van der Waals surface area contributed by atoms with E-state index in [0.29, 0.717) is 19.5 Å². The number of aromatic nitrogens is 2. The lowest BCUT2D eigenvalue weighted by atomic mass is 10.1. The molecule has 0 aliphatic carbocycles. The van der Waals surface area contributed by atoms with Crippen LogP contribution in [0.25, 0.3) is 0 Å². The number of amides is 1. The Hall–Kier alpha value is -1.36. The van der Waals surface area contributed by atoms with Crippen LogP contribution in [0.4, 0.5) is 0 Å². The summed E-state index contributed by atoms with van der Waals surface area (Å²) in [5.41, 5.74) is 0. The summed E-state index contributed by atoms with van der Waals surface area (Å²) in [6.45, 7) is 3.09. The molecule has 1 atom stereocenters. The second-order valence-corrected chi connectivity index (χ2v) is 4.61. The molecule has 1 saturated heterocycles. The summed E-state index contributed by atoms with van der Waals surface area (Å²) in [7, 11) is 0. The average Bonchev–Trinajstić information content (AvgIpc) is 2.77. The van der Waals surface area contributed by atoms with E-state index in [9.17, 15) is 9.90 Å². The first-order valence-corrected chi connectivity index (χ1v) is 6.14. The minimum atomic E-state index is -0.322. The SMILES string of the molecule is CCCC(CC(=O)N1CC(O)C1)n1ccnc1. The van der Waals surface area contributed by atoms with Gasteiger partial charge in [-0.05, 0) is 6.42 Å². The predicted molar refractivity (Wildman–Crippen MR) is 63.4 cm³/mol. The topological polar surface area (TPSA) is 58.4 Å². The number of imidazole rings is 1. The van der Waals surface area contributed by atoms with E-state index in [-0.39, 0.29) is 18.1 Å². The molecule has 0 aromatic carbocycles. The molecule has 1 unspecified atom stereocenters. The normalized spacial score (nSPS) is 17.9. The van der Waals surface area contributed by atoms with Crippen molar-refractivity contribution in [1.29, 1.82) is 0 Å². The number of β-amino-alcohol motifs (C(OH)–C–C–N with tert-alkyl or cyclic N) is 1. The third kappa shape index (κ3) is 2.85. The Labute approximate surface area is 101 Å². The van der Waals surface area contributed by atoms with E-state index >= 15 is 0 Å². The van der Waals surface area contributed by atoms with Gasteiger partial charge in [-0.1, -0.05) is 13.3 Å². The highest BCUT2D eigenvalue weighted by Crippen LogP contribution is 2.20. The van der Waals surface area contributed by atoms with Crippen LogP contribution in [0.2, 0.25) is 0 Å². The third-order valence-corrected chi connectivity index (χ3v) is 3.19. The van der Waals surface area contributed by atoms with Crippen LogP contribution in [0, 0.1) is 0 Å². The van der Waals surface area contributed by atoms with Gasteiger partial charge < -0.3 is 14.6 Å². The van der Waals surface area contributed by atoms with Crippen molar-refractivity contribution in [1.82, 2.24) is 14.5 Å². The summed E-state index contributed by atoms with van der Waals surface area (Å²) in [5.74, 6) is 0.127. The standard InChI is InChI=1S/C12H19N3O2/c1-2-3-10(14-5-4-13-9-14)6-12(17)15-7-11(16)8-15/h4-5,9-11,16H,2-3,6-8H2,1H3. The van der Waals surface area contributed by atoms with Crippen molar-refractivity contribution in [3.8, 4) is 0 Å². The van der Waals surface area contributed by atoms with Crippen LogP contribution in [0.15, 0.2) is 18.7 Å². The van der Waals surface area contributed by atoms with Crippen molar-refractivity contribution >= 4 is 5.91 Å². The molecule has 0 saturated carbocycles. The molecule has 1 N–H and O–H groups in total. The summed E-state index contributed by atoms with van der Waals surface area (Å²) < 4.78 is 2.00. The van der Waals surface area contributed by atoms with Crippen molar-refractivity contribution in [3.05, 3.63) is 18.7 Å². The molecule has 1 aromatic rings. The van der Waals surface area contributed by atoms with E-state index < -0.39 is 0 Å². The number of likely N-dealkylation sites (tertiary alicyclic amines) is 1. The zero-order chi connectivity index (χ0) is 12.3. The summed E-state index contributed by atoms with van der Waals surface area (Å²) in [4.78, 5) is 17.7. The molecule has 1 aromatic heterocycles. The molecule has 1 amide bonds. The number of aliphatic hydroxyl groups is 1. The van der Waals surface area contributed by atoms with Crippen LogP contribution in [0.1, 0.15) is 32.2 Å². The van der Waals surface area contributed by atoms with Crippen molar-refractivity contribution < 1.29 is 9.90 Å². The zero-order valence-electron chi connectivity index (χ0n) is 10.1. The highest BCUT2D eigenvalue weighted by molar-refractivity contribution is 5.77. The lowest BCUT2D eigenvalue weighted by Gasteiger charge is -2.36. The number of carbonyl (C=O) groups is 1. The minimum Gasteiger partial charge on any atom is -0.389 e. The van der Waals surface area contributed by atoms with Crippen LogP contribution >= 0.6 is 0 Å². The molecular formula is C12H19N3O2. The van der Waals surface area contributed by atoms with Gasteiger partial charge in [0.25, 0.3) is 0 Å². The van der Waals surface area contributed by atoms with E-state index in [2.05, 4.69) is 11.9 Å². The molecule has 1 aliphatic heterocycles. The fourth-order valence-electron chi connectivity index (χ4n) is 2.16. The number of nitrogens with zero attached hydrogens (tertiary/aromatic N) is 3. The van der Waals surface area contributed by atoms with Gasteiger partial charge in [0.2, 0.25) is 5.91 Å². The Kier molecular flexibility index (Phi) is 3.78. The fraction of sp³-hybridized carbons (Fsp3) is 0.667. The molecule has 94 valence electrons. The van der Waals surface area contributed by atoms with Gasteiger partial charge in [0.05, 0.1) is 12.4 Å². The van der Waals surface area contributed by atoms with E-state index in [1.54, 1.807) is 17.4 Å². The molecule has 2 rings (SSSR count). The van der Waals surface area contributed by atoms with Gasteiger partial charge in [-0.25, -0.2) is 4.98 Å². The first kappa shape index (κ1) is 12.1. The Morgan fingerprint density at radius 1 is 1.59 bits per heavy atom. The van der Waals surface area contributed by atoms with Gasteiger partial charge >= 0.3 is 0 Å². The highest BCUT2D eigenvalue weighted by atomic mass is 16.3. The second kappa shape index (κ2) is 5.31. The van der Waals surface area contributed by atoms with E-state index in [0.717, 1.165) is 12.8 Å². The monoisotopic (exact) mass is 237 g/mol. The van der Waals surface area contributed by atoms with Crippen molar-refractivity contribution in [2.75, 3.05) is 13.1 Å². The molecule has 17 heavy (non-hydrogen) atoms. The molecule has 0 spiro atoms.